The molecule has 2 nitrogen and oxygen atoms in total. The van der Waals surface area contributed by atoms with Crippen LogP contribution >= 0.6 is 11.3 Å². The lowest BCUT2D eigenvalue weighted by molar-refractivity contribution is 0.273. The number of thiophene rings is 1. The van der Waals surface area contributed by atoms with Crippen molar-refractivity contribution in [1.82, 2.24) is 10.2 Å². The summed E-state index contributed by atoms with van der Waals surface area (Å²) in [6.07, 6.45) is 8.24. The van der Waals surface area contributed by atoms with Gasteiger partial charge in [-0.2, -0.15) is 0 Å². The maximum atomic E-state index is 3.49. The molecule has 1 aromatic rings. The number of hydrogen-bond acceptors (Lipinski definition) is 3. The zero-order valence-electron chi connectivity index (χ0n) is 13.9. The first-order valence-corrected chi connectivity index (χ1v) is 9.64. The van der Waals surface area contributed by atoms with E-state index < -0.39 is 0 Å². The molecule has 0 spiro atoms. The molecule has 1 aliphatic rings. The Morgan fingerprint density at radius 3 is 2.81 bits per heavy atom. The average molecular weight is 309 g/mol. The molecule has 21 heavy (non-hydrogen) atoms. The fraction of sp³-hybridized carbons (Fsp3) is 0.778. The summed E-state index contributed by atoms with van der Waals surface area (Å²) in [4.78, 5) is 5.69. The van der Waals surface area contributed by atoms with E-state index in [1.54, 1.807) is 0 Å². The van der Waals surface area contributed by atoms with E-state index in [2.05, 4.69) is 36.2 Å². The minimum Gasteiger partial charge on any atom is -0.312 e. The summed E-state index contributed by atoms with van der Waals surface area (Å²) < 4.78 is 0. The van der Waals surface area contributed by atoms with Crippen LogP contribution in [0.2, 0.25) is 0 Å². The summed E-state index contributed by atoms with van der Waals surface area (Å²) in [5.41, 5.74) is 0. The largest absolute Gasteiger partial charge is 0.312 e. The van der Waals surface area contributed by atoms with Gasteiger partial charge in [0.25, 0.3) is 0 Å². The molecule has 0 aliphatic carbocycles. The molecule has 0 saturated carbocycles. The molecule has 3 heteroatoms. The van der Waals surface area contributed by atoms with Crippen LogP contribution in [0.25, 0.3) is 0 Å². The van der Waals surface area contributed by atoms with E-state index in [0.717, 1.165) is 25.6 Å². The predicted octanol–water partition coefficient (Wildman–Crippen LogP) is 4.65. The van der Waals surface area contributed by atoms with Gasteiger partial charge in [-0.1, -0.05) is 26.7 Å². The van der Waals surface area contributed by atoms with Gasteiger partial charge in [-0.05, 0) is 63.4 Å². The number of nitrogens with one attached hydrogen (secondary N) is 1. The Morgan fingerprint density at radius 2 is 2.00 bits per heavy atom. The Balaban J connectivity index is 1.76. The van der Waals surface area contributed by atoms with E-state index in [9.17, 15) is 0 Å². The Bertz CT molecular complexity index is 388. The van der Waals surface area contributed by atoms with Gasteiger partial charge in [-0.15, -0.1) is 11.3 Å². The highest BCUT2D eigenvalue weighted by Gasteiger charge is 2.16. The smallest absolute Gasteiger partial charge is 0.0328 e. The first-order valence-electron chi connectivity index (χ1n) is 8.82. The van der Waals surface area contributed by atoms with E-state index >= 15 is 0 Å². The second-order valence-corrected chi connectivity index (χ2v) is 7.66. The molecule has 2 rings (SSSR count). The Hall–Kier alpha value is -0.380. The summed E-state index contributed by atoms with van der Waals surface area (Å²) in [7, 11) is 0. The number of rotatable bonds is 8. The summed E-state index contributed by atoms with van der Waals surface area (Å²) >= 11 is 1.99. The van der Waals surface area contributed by atoms with Crippen LogP contribution in [0, 0.1) is 5.92 Å². The van der Waals surface area contributed by atoms with Gasteiger partial charge < -0.3 is 5.32 Å². The molecule has 0 amide bonds. The van der Waals surface area contributed by atoms with Crippen molar-refractivity contribution in [3.8, 4) is 0 Å². The zero-order chi connectivity index (χ0) is 14.9. The van der Waals surface area contributed by atoms with E-state index in [0.29, 0.717) is 0 Å². The number of hydrogen-bond donors (Lipinski definition) is 1. The van der Waals surface area contributed by atoms with Gasteiger partial charge in [-0.3, -0.25) is 4.90 Å². The van der Waals surface area contributed by atoms with Gasteiger partial charge in [0.2, 0.25) is 0 Å². The molecule has 0 bridgehead atoms. The normalized spacial score (nSPS) is 20.6. The van der Waals surface area contributed by atoms with Crippen LogP contribution in [0.4, 0.5) is 0 Å². The Kier molecular flexibility index (Phi) is 7.76. The van der Waals surface area contributed by atoms with Crippen LogP contribution in [0.15, 0.2) is 12.1 Å². The molecule has 2 heterocycles. The van der Waals surface area contributed by atoms with Crippen molar-refractivity contribution in [3.63, 3.8) is 0 Å². The summed E-state index contributed by atoms with van der Waals surface area (Å²) in [5, 5.41) is 3.49. The summed E-state index contributed by atoms with van der Waals surface area (Å²) in [6.45, 7) is 10.5. The fourth-order valence-electron chi connectivity index (χ4n) is 3.29. The zero-order valence-corrected chi connectivity index (χ0v) is 14.7. The third kappa shape index (κ3) is 6.09. The lowest BCUT2D eigenvalue weighted by Gasteiger charge is -2.19. The predicted molar refractivity (Wildman–Crippen MR) is 93.8 cm³/mol. The topological polar surface area (TPSA) is 15.3 Å². The standard InChI is InChI=1S/C18H32N2S/c1-3-6-16-7-5-12-20(13-10-16)15-18-9-8-17(21-18)14-19-11-4-2/h8-9,16,19H,3-7,10-15H2,1-2H3. The van der Waals surface area contributed by atoms with Gasteiger partial charge in [0, 0.05) is 22.8 Å². The quantitative estimate of drug-likeness (QED) is 0.703. The fourth-order valence-corrected chi connectivity index (χ4v) is 4.32. The van der Waals surface area contributed by atoms with Crippen LogP contribution < -0.4 is 5.32 Å². The monoisotopic (exact) mass is 308 g/mol. The van der Waals surface area contributed by atoms with E-state index in [1.807, 2.05) is 11.3 Å². The molecule has 1 aromatic heterocycles. The third-order valence-corrected chi connectivity index (χ3v) is 5.53. The molecule has 1 fully saturated rings. The van der Waals surface area contributed by atoms with Crippen LogP contribution in [0.3, 0.4) is 0 Å². The van der Waals surface area contributed by atoms with E-state index in [-0.39, 0.29) is 0 Å². The molecule has 1 saturated heterocycles. The van der Waals surface area contributed by atoms with Gasteiger partial charge in [0.15, 0.2) is 0 Å². The first-order chi connectivity index (χ1) is 10.3. The Labute approximate surface area is 134 Å². The molecule has 120 valence electrons. The van der Waals surface area contributed by atoms with Crippen LogP contribution in [-0.4, -0.2) is 24.5 Å². The Morgan fingerprint density at radius 1 is 1.14 bits per heavy atom. The molecule has 0 aromatic carbocycles. The maximum absolute atomic E-state index is 3.49. The molecule has 1 aliphatic heterocycles. The number of likely N-dealkylation sites (tertiary alicyclic amines) is 1. The van der Waals surface area contributed by atoms with Gasteiger partial charge in [0.05, 0.1) is 0 Å². The van der Waals surface area contributed by atoms with Crippen molar-refractivity contribution in [2.45, 2.75) is 65.5 Å². The molecule has 1 unspecified atom stereocenters. The third-order valence-electron chi connectivity index (χ3n) is 4.46. The van der Waals surface area contributed by atoms with Crippen molar-refractivity contribution >= 4 is 11.3 Å². The maximum Gasteiger partial charge on any atom is 0.0328 e. The van der Waals surface area contributed by atoms with Gasteiger partial charge in [0.1, 0.15) is 0 Å². The average Bonchev–Trinajstić information content (AvgIpc) is 2.80. The van der Waals surface area contributed by atoms with Crippen molar-refractivity contribution in [3.05, 3.63) is 21.9 Å². The van der Waals surface area contributed by atoms with Crippen molar-refractivity contribution in [1.29, 1.82) is 0 Å². The van der Waals surface area contributed by atoms with Crippen LogP contribution in [0.5, 0.6) is 0 Å². The highest BCUT2D eigenvalue weighted by molar-refractivity contribution is 7.11. The SMILES string of the molecule is CCCNCc1ccc(CN2CCCC(CCC)CC2)s1. The molecule has 1 N–H and O–H groups in total. The molecule has 0 radical (unpaired) electrons. The first kappa shape index (κ1) is 17.0. The second kappa shape index (κ2) is 9.60. The summed E-state index contributed by atoms with van der Waals surface area (Å²) in [5.74, 6) is 0.983. The van der Waals surface area contributed by atoms with Crippen molar-refractivity contribution < 1.29 is 0 Å². The molecular formula is C18H32N2S. The van der Waals surface area contributed by atoms with Crippen molar-refractivity contribution in [2.24, 2.45) is 5.92 Å². The van der Waals surface area contributed by atoms with Crippen molar-refractivity contribution in [2.75, 3.05) is 19.6 Å². The highest BCUT2D eigenvalue weighted by atomic mass is 32.1. The molecular weight excluding hydrogens is 276 g/mol. The lowest BCUT2D eigenvalue weighted by atomic mass is 9.96. The second-order valence-electron chi connectivity index (χ2n) is 6.41. The summed E-state index contributed by atoms with van der Waals surface area (Å²) in [6, 6.07) is 4.64. The number of nitrogens with zero attached hydrogens (tertiary/aromatic N) is 1. The van der Waals surface area contributed by atoms with Crippen LogP contribution in [0.1, 0.15) is 62.1 Å². The van der Waals surface area contributed by atoms with E-state index in [4.69, 9.17) is 0 Å². The minimum absolute atomic E-state index is 0.983. The minimum atomic E-state index is 0.983. The van der Waals surface area contributed by atoms with Gasteiger partial charge >= 0.3 is 0 Å². The lowest BCUT2D eigenvalue weighted by Crippen LogP contribution is -2.23. The molecule has 1 atom stereocenters. The van der Waals surface area contributed by atoms with Gasteiger partial charge in [-0.25, -0.2) is 0 Å². The highest BCUT2D eigenvalue weighted by Crippen LogP contribution is 2.24. The van der Waals surface area contributed by atoms with E-state index in [1.165, 1.54) is 61.4 Å². The van der Waals surface area contributed by atoms with Crippen LogP contribution in [-0.2, 0) is 13.1 Å².